The highest BCUT2D eigenvalue weighted by atomic mass is 32.2. The van der Waals surface area contributed by atoms with Crippen LogP contribution in [0, 0.1) is 0 Å². The molecule has 0 radical (unpaired) electrons. The number of imidazole rings is 1. The molecule has 0 aliphatic carbocycles. The number of rotatable bonds is 6. The van der Waals surface area contributed by atoms with Crippen LogP contribution < -0.4 is 4.74 Å². The van der Waals surface area contributed by atoms with Crippen molar-refractivity contribution in [3.63, 3.8) is 0 Å². The maximum atomic E-state index is 12.5. The number of fused-ring (bicyclic) bond motifs is 1. The Morgan fingerprint density at radius 1 is 1.42 bits per heavy atom. The summed E-state index contributed by atoms with van der Waals surface area (Å²) in [6.07, 6.45) is -3.16. The molecule has 0 aromatic carbocycles. The summed E-state index contributed by atoms with van der Waals surface area (Å²) in [7, 11) is -1.61. The summed E-state index contributed by atoms with van der Waals surface area (Å²) >= 11 is 1.25. The fourth-order valence-corrected chi connectivity index (χ4v) is 3.97. The van der Waals surface area contributed by atoms with Crippen molar-refractivity contribution in [3.05, 3.63) is 34.3 Å². The van der Waals surface area contributed by atoms with Crippen molar-refractivity contribution >= 4 is 39.0 Å². The lowest BCUT2D eigenvalue weighted by Gasteiger charge is -2.09. The number of aromatic amines is 1. The number of H-pyrrole nitrogens is 1. The molecule has 138 valence electrons. The van der Waals surface area contributed by atoms with Crippen molar-refractivity contribution in [3.8, 4) is 5.75 Å². The third-order valence-electron chi connectivity index (χ3n) is 3.22. The summed E-state index contributed by atoms with van der Waals surface area (Å²) in [6.45, 7) is 0.00849. The first kappa shape index (κ1) is 18.5. The lowest BCUT2D eigenvalue weighted by molar-refractivity contribution is -0.153. The fraction of sp³-hybridized carbons (Fsp3) is 0.267. The highest BCUT2D eigenvalue weighted by Crippen LogP contribution is 2.26. The molecule has 0 saturated heterocycles. The molecule has 3 heterocycles. The van der Waals surface area contributed by atoms with E-state index < -0.39 is 23.6 Å². The average molecular weight is 403 g/mol. The van der Waals surface area contributed by atoms with Gasteiger partial charge in [-0.05, 0) is 6.07 Å². The van der Waals surface area contributed by atoms with Gasteiger partial charge >= 0.3 is 6.18 Å². The van der Waals surface area contributed by atoms with Gasteiger partial charge in [0.15, 0.2) is 17.5 Å². The zero-order valence-electron chi connectivity index (χ0n) is 13.3. The standard InChI is InChI=1S/C15H12F3N3O3S2/c1-8(22)13-12-11(5-25-13)20-14(21-12)26(23)6-9-4-10(2-3-19-9)24-7-15(16,17)18/h2-5H,6-7H2,1H3,(H,20,21). The molecular weight excluding hydrogens is 391 g/mol. The van der Waals surface area contributed by atoms with E-state index in [9.17, 15) is 22.2 Å². The topological polar surface area (TPSA) is 84.9 Å². The van der Waals surface area contributed by atoms with E-state index in [1.807, 2.05) is 0 Å². The first-order valence-electron chi connectivity index (χ1n) is 7.24. The Bertz CT molecular complexity index is 981. The van der Waals surface area contributed by atoms with Crippen molar-refractivity contribution in [1.29, 1.82) is 0 Å². The summed E-state index contributed by atoms with van der Waals surface area (Å²) in [5.41, 5.74) is 1.37. The molecule has 0 amide bonds. The van der Waals surface area contributed by atoms with E-state index in [1.54, 1.807) is 5.38 Å². The summed E-state index contributed by atoms with van der Waals surface area (Å²) in [4.78, 5) is 23.1. The van der Waals surface area contributed by atoms with Gasteiger partial charge in [-0.25, -0.2) is 4.98 Å². The SMILES string of the molecule is CC(=O)c1scc2[nH]c(S(=O)Cc3cc(OCC(F)(F)F)ccn3)nc12. The molecule has 1 atom stereocenters. The Hall–Kier alpha value is -2.27. The number of carbonyl (C=O) groups excluding carboxylic acids is 1. The maximum absolute atomic E-state index is 12.5. The minimum Gasteiger partial charge on any atom is -0.484 e. The minimum absolute atomic E-state index is 0.0109. The van der Waals surface area contributed by atoms with Crippen molar-refractivity contribution in [2.45, 2.75) is 24.0 Å². The van der Waals surface area contributed by atoms with Crippen LogP contribution in [0.2, 0.25) is 0 Å². The Morgan fingerprint density at radius 3 is 2.88 bits per heavy atom. The predicted octanol–water partition coefficient (Wildman–Crippen LogP) is 3.47. The van der Waals surface area contributed by atoms with E-state index in [4.69, 9.17) is 0 Å². The molecule has 0 bridgehead atoms. The molecule has 11 heteroatoms. The molecule has 0 saturated carbocycles. The van der Waals surface area contributed by atoms with E-state index in [0.717, 1.165) is 0 Å². The van der Waals surface area contributed by atoms with Crippen molar-refractivity contribution in [2.75, 3.05) is 6.61 Å². The number of pyridine rings is 1. The summed E-state index contributed by atoms with van der Waals surface area (Å²) < 4.78 is 53.7. The fourth-order valence-electron chi connectivity index (χ4n) is 2.15. The predicted molar refractivity (Wildman–Crippen MR) is 89.9 cm³/mol. The molecule has 1 N–H and O–H groups in total. The van der Waals surface area contributed by atoms with Crippen LogP contribution in [0.4, 0.5) is 13.2 Å². The summed E-state index contributed by atoms with van der Waals surface area (Å²) in [5.74, 6) is -0.203. The third kappa shape index (κ3) is 4.28. The Labute approximate surface area is 151 Å². The van der Waals surface area contributed by atoms with Gasteiger partial charge in [-0.1, -0.05) is 0 Å². The second kappa shape index (κ2) is 7.16. The number of nitrogens with zero attached hydrogens (tertiary/aromatic N) is 2. The molecule has 3 aromatic rings. The smallest absolute Gasteiger partial charge is 0.422 e. The molecular formula is C15H12F3N3O3S2. The zero-order valence-corrected chi connectivity index (χ0v) is 14.9. The van der Waals surface area contributed by atoms with E-state index in [2.05, 4.69) is 19.7 Å². The van der Waals surface area contributed by atoms with Crippen molar-refractivity contribution in [2.24, 2.45) is 0 Å². The van der Waals surface area contributed by atoms with E-state index in [1.165, 1.54) is 36.6 Å². The van der Waals surface area contributed by atoms with Crippen LogP contribution in [0.3, 0.4) is 0 Å². The quantitative estimate of drug-likeness (QED) is 0.637. The molecule has 3 aromatic heterocycles. The number of alkyl halides is 3. The first-order valence-corrected chi connectivity index (χ1v) is 9.44. The minimum atomic E-state index is -4.44. The van der Waals surface area contributed by atoms with Gasteiger partial charge in [-0.2, -0.15) is 13.2 Å². The normalized spacial score (nSPS) is 13.1. The number of nitrogens with one attached hydrogen (secondary N) is 1. The van der Waals surface area contributed by atoms with Crippen LogP contribution in [-0.4, -0.2) is 37.7 Å². The van der Waals surface area contributed by atoms with Crippen LogP contribution in [0.15, 0.2) is 28.9 Å². The Kier molecular flexibility index (Phi) is 5.10. The van der Waals surface area contributed by atoms with Crippen LogP contribution in [-0.2, 0) is 16.6 Å². The highest BCUT2D eigenvalue weighted by Gasteiger charge is 2.28. The van der Waals surface area contributed by atoms with E-state index in [0.29, 0.717) is 21.6 Å². The number of aromatic nitrogens is 3. The lowest BCUT2D eigenvalue weighted by atomic mass is 10.3. The van der Waals surface area contributed by atoms with Gasteiger partial charge in [0.25, 0.3) is 0 Å². The Balaban J connectivity index is 1.74. The zero-order chi connectivity index (χ0) is 18.9. The first-order chi connectivity index (χ1) is 12.2. The number of ketones is 1. The second-order valence-corrected chi connectivity index (χ2v) is 7.55. The van der Waals surface area contributed by atoms with Gasteiger partial charge in [0.2, 0.25) is 0 Å². The number of ether oxygens (including phenoxy) is 1. The molecule has 6 nitrogen and oxygen atoms in total. The summed E-state index contributed by atoms with van der Waals surface area (Å²) in [6, 6.07) is 2.59. The molecule has 3 rings (SSSR count). The van der Waals surface area contributed by atoms with Crippen LogP contribution in [0.1, 0.15) is 22.3 Å². The van der Waals surface area contributed by atoms with Gasteiger partial charge in [0.05, 0.1) is 32.6 Å². The van der Waals surface area contributed by atoms with Crippen LogP contribution in [0.5, 0.6) is 5.75 Å². The summed E-state index contributed by atoms with van der Waals surface area (Å²) in [5, 5.41) is 1.89. The maximum Gasteiger partial charge on any atom is 0.422 e. The van der Waals surface area contributed by atoms with Gasteiger partial charge in [-0.3, -0.25) is 14.0 Å². The monoisotopic (exact) mass is 403 g/mol. The number of Topliss-reactive ketones (excluding diaryl/α,β-unsaturated/α-hetero) is 1. The molecule has 1 unspecified atom stereocenters. The number of halogens is 3. The number of thiophene rings is 1. The Morgan fingerprint density at radius 2 is 2.19 bits per heavy atom. The number of carbonyl (C=O) groups is 1. The van der Waals surface area contributed by atoms with Gasteiger partial charge in [-0.15, -0.1) is 11.3 Å². The largest absolute Gasteiger partial charge is 0.484 e. The van der Waals surface area contributed by atoms with Gasteiger partial charge in [0, 0.05) is 24.6 Å². The molecule has 0 aliphatic rings. The second-order valence-electron chi connectivity index (χ2n) is 5.30. The molecule has 26 heavy (non-hydrogen) atoms. The highest BCUT2D eigenvalue weighted by molar-refractivity contribution is 7.84. The van der Waals surface area contributed by atoms with Crippen LogP contribution in [0.25, 0.3) is 11.0 Å². The van der Waals surface area contributed by atoms with Crippen LogP contribution >= 0.6 is 11.3 Å². The van der Waals surface area contributed by atoms with Gasteiger partial charge in [0.1, 0.15) is 11.3 Å². The lowest BCUT2D eigenvalue weighted by Crippen LogP contribution is -2.19. The van der Waals surface area contributed by atoms with Gasteiger partial charge < -0.3 is 9.72 Å². The molecule has 0 fully saturated rings. The molecule has 0 spiro atoms. The van der Waals surface area contributed by atoms with E-state index in [-0.39, 0.29) is 22.4 Å². The number of hydrogen-bond acceptors (Lipinski definition) is 6. The average Bonchev–Trinajstić information content (AvgIpc) is 3.12. The van der Waals surface area contributed by atoms with E-state index >= 15 is 0 Å². The number of hydrogen-bond donors (Lipinski definition) is 1. The van der Waals surface area contributed by atoms with Crippen molar-refractivity contribution in [1.82, 2.24) is 15.0 Å². The third-order valence-corrected chi connectivity index (χ3v) is 5.48. The van der Waals surface area contributed by atoms with Crippen molar-refractivity contribution < 1.29 is 26.9 Å². The molecule has 0 aliphatic heterocycles.